The fourth-order valence-electron chi connectivity index (χ4n) is 1.79. The third-order valence-electron chi connectivity index (χ3n) is 2.81. The van der Waals surface area contributed by atoms with E-state index in [4.69, 9.17) is 16.3 Å². The molecule has 1 aromatic rings. The molecule has 4 atom stereocenters. The highest BCUT2D eigenvalue weighted by Crippen LogP contribution is 2.19. The second-order valence-corrected chi connectivity index (χ2v) is 4.00. The molecule has 19 heavy (non-hydrogen) atoms. The van der Waals surface area contributed by atoms with Crippen LogP contribution in [0, 0.1) is 12.3 Å². The molecule has 1 aliphatic rings. The molecule has 8 nitrogen and oxygen atoms in total. The third-order valence-corrected chi connectivity index (χ3v) is 2.81. The van der Waals surface area contributed by atoms with Gasteiger partial charge in [0.1, 0.15) is 24.0 Å². The number of nitrogens with zero attached hydrogens (tertiary/aromatic N) is 1. The van der Waals surface area contributed by atoms with E-state index in [1.807, 2.05) is 0 Å². The van der Waals surface area contributed by atoms with Gasteiger partial charge in [-0.1, -0.05) is 0 Å². The molecule has 0 saturated carbocycles. The first-order valence-electron chi connectivity index (χ1n) is 5.51. The summed E-state index contributed by atoms with van der Waals surface area (Å²) >= 11 is 0. The number of H-pyrrole nitrogens is 1. The van der Waals surface area contributed by atoms with Crippen molar-refractivity contribution in [3.8, 4) is 12.3 Å². The summed E-state index contributed by atoms with van der Waals surface area (Å²) in [4.78, 5) is 18.2. The molecule has 1 unspecified atom stereocenters. The number of terminal acetylenes is 1. The van der Waals surface area contributed by atoms with E-state index < -0.39 is 37.1 Å². The topological polar surface area (TPSA) is 128 Å². The molecule has 1 aromatic heterocycles. The van der Waals surface area contributed by atoms with Crippen molar-refractivity contribution in [1.29, 1.82) is 0 Å². The van der Waals surface area contributed by atoms with Crippen LogP contribution in [-0.2, 0) is 4.74 Å². The summed E-state index contributed by atoms with van der Waals surface area (Å²) in [6.45, 7) is -0.470. The van der Waals surface area contributed by atoms with Crippen molar-refractivity contribution >= 4 is 5.91 Å². The Morgan fingerprint density at radius 1 is 1.58 bits per heavy atom. The zero-order valence-corrected chi connectivity index (χ0v) is 9.78. The van der Waals surface area contributed by atoms with Gasteiger partial charge in [-0.3, -0.25) is 4.79 Å². The van der Waals surface area contributed by atoms with Gasteiger partial charge in [-0.25, -0.2) is 4.98 Å². The Hall–Kier alpha value is -1.92. The minimum atomic E-state index is -1.34. The Morgan fingerprint density at radius 3 is 2.89 bits per heavy atom. The van der Waals surface area contributed by atoms with Crippen LogP contribution in [0.3, 0.4) is 0 Å². The number of aliphatic hydroxyl groups is 3. The van der Waals surface area contributed by atoms with Gasteiger partial charge in [-0.2, -0.15) is 0 Å². The maximum atomic E-state index is 11.9. The Bertz CT molecular complexity index is 509. The number of imidazole rings is 1. The van der Waals surface area contributed by atoms with Crippen molar-refractivity contribution in [3.05, 3.63) is 17.7 Å². The Kier molecular flexibility index (Phi) is 3.82. The molecule has 0 spiro atoms. The first kappa shape index (κ1) is 13.5. The normalized spacial score (nSPS) is 30.0. The summed E-state index contributed by atoms with van der Waals surface area (Å²) < 4.78 is 5.11. The lowest BCUT2D eigenvalue weighted by molar-refractivity contribution is -0.0305. The zero-order chi connectivity index (χ0) is 14.0. The molecule has 2 rings (SSSR count). The van der Waals surface area contributed by atoms with E-state index in [9.17, 15) is 15.0 Å². The summed E-state index contributed by atoms with van der Waals surface area (Å²) in [5, 5.41) is 30.5. The van der Waals surface area contributed by atoms with Gasteiger partial charge in [0.15, 0.2) is 11.9 Å². The highest BCUT2D eigenvalue weighted by Gasteiger charge is 2.43. The fourth-order valence-corrected chi connectivity index (χ4v) is 1.79. The molecule has 102 valence electrons. The number of carbonyl (C=O) groups excluding carboxylic acids is 1. The Labute approximate surface area is 108 Å². The Balaban J connectivity index is 2.06. The molecular formula is C11H13N3O5. The van der Waals surface area contributed by atoms with E-state index in [0.717, 1.165) is 0 Å². The summed E-state index contributed by atoms with van der Waals surface area (Å²) in [5.41, 5.74) is 0.185. The van der Waals surface area contributed by atoms with E-state index in [1.54, 1.807) is 0 Å². The summed E-state index contributed by atoms with van der Waals surface area (Å²) in [5.74, 6) is 1.60. The standard InChI is InChI=1S/C11H13N3O5/c1-2-5-7(13-4-12-5)10(18)14-11-9(17)8(16)6(3-15)19-11/h1,4,6,8-9,11,15-17H,3H2,(H,12,13)(H,14,18)/t6-,8-,9-,11?/m1/s1. The van der Waals surface area contributed by atoms with Crippen LogP contribution in [-0.4, -0.2) is 62.3 Å². The number of aromatic amines is 1. The minimum Gasteiger partial charge on any atom is -0.394 e. The Morgan fingerprint density at radius 2 is 2.32 bits per heavy atom. The second kappa shape index (κ2) is 5.38. The SMILES string of the molecule is C#Cc1[nH]cnc1C(=O)NC1O[C@H](CO)[C@@H](O)[C@H]1O. The van der Waals surface area contributed by atoms with Gasteiger partial charge in [-0.15, -0.1) is 6.42 Å². The van der Waals surface area contributed by atoms with Crippen LogP contribution in [0.25, 0.3) is 0 Å². The van der Waals surface area contributed by atoms with E-state index >= 15 is 0 Å². The van der Waals surface area contributed by atoms with Crippen molar-refractivity contribution < 1.29 is 24.9 Å². The molecule has 1 fully saturated rings. The molecule has 0 bridgehead atoms. The predicted octanol–water partition coefficient (Wildman–Crippen LogP) is -2.44. The highest BCUT2D eigenvalue weighted by atomic mass is 16.6. The second-order valence-electron chi connectivity index (χ2n) is 4.00. The molecule has 1 saturated heterocycles. The fraction of sp³-hybridized carbons (Fsp3) is 0.455. The number of hydrogen-bond acceptors (Lipinski definition) is 6. The quantitative estimate of drug-likeness (QED) is 0.387. The van der Waals surface area contributed by atoms with Crippen molar-refractivity contribution in [2.45, 2.75) is 24.5 Å². The number of aliphatic hydroxyl groups excluding tert-OH is 3. The van der Waals surface area contributed by atoms with Crippen LogP contribution < -0.4 is 5.32 Å². The number of nitrogens with one attached hydrogen (secondary N) is 2. The van der Waals surface area contributed by atoms with Gasteiger partial charge in [-0.05, 0) is 5.92 Å². The molecule has 0 aliphatic carbocycles. The van der Waals surface area contributed by atoms with Crippen molar-refractivity contribution in [2.75, 3.05) is 6.61 Å². The molecule has 1 aliphatic heterocycles. The number of hydrogen-bond donors (Lipinski definition) is 5. The number of carbonyl (C=O) groups is 1. The molecule has 2 heterocycles. The molecule has 1 amide bonds. The maximum absolute atomic E-state index is 11.9. The maximum Gasteiger partial charge on any atom is 0.274 e. The third kappa shape index (κ3) is 2.45. The number of amides is 1. The van der Waals surface area contributed by atoms with E-state index in [1.165, 1.54) is 6.33 Å². The van der Waals surface area contributed by atoms with Gasteiger partial charge >= 0.3 is 0 Å². The monoisotopic (exact) mass is 267 g/mol. The van der Waals surface area contributed by atoms with Gasteiger partial charge in [0.25, 0.3) is 5.91 Å². The summed E-state index contributed by atoms with van der Waals surface area (Å²) in [7, 11) is 0. The average molecular weight is 267 g/mol. The molecule has 5 N–H and O–H groups in total. The van der Waals surface area contributed by atoms with Crippen LogP contribution in [0.2, 0.25) is 0 Å². The highest BCUT2D eigenvalue weighted by molar-refractivity contribution is 5.94. The lowest BCUT2D eigenvalue weighted by Gasteiger charge is -2.15. The van der Waals surface area contributed by atoms with Crippen molar-refractivity contribution in [3.63, 3.8) is 0 Å². The van der Waals surface area contributed by atoms with E-state index in [-0.39, 0.29) is 11.4 Å². The largest absolute Gasteiger partial charge is 0.394 e. The van der Waals surface area contributed by atoms with E-state index in [0.29, 0.717) is 0 Å². The lowest BCUT2D eigenvalue weighted by atomic mass is 10.1. The number of rotatable bonds is 3. The lowest BCUT2D eigenvalue weighted by Crippen LogP contribution is -2.44. The van der Waals surface area contributed by atoms with Crippen molar-refractivity contribution in [1.82, 2.24) is 15.3 Å². The van der Waals surface area contributed by atoms with Crippen molar-refractivity contribution in [2.24, 2.45) is 0 Å². The summed E-state index contributed by atoms with van der Waals surface area (Å²) in [6, 6.07) is 0. The van der Waals surface area contributed by atoms with E-state index in [2.05, 4.69) is 21.2 Å². The number of aromatic nitrogens is 2. The molecule has 0 aromatic carbocycles. The van der Waals surface area contributed by atoms with Crippen LogP contribution in [0.15, 0.2) is 6.33 Å². The van der Waals surface area contributed by atoms with Gasteiger partial charge in [0, 0.05) is 0 Å². The number of ether oxygens (including phenoxy) is 1. The molecular weight excluding hydrogens is 254 g/mol. The first-order valence-corrected chi connectivity index (χ1v) is 5.51. The minimum absolute atomic E-state index is 0.0137. The van der Waals surface area contributed by atoms with Crippen LogP contribution in [0.1, 0.15) is 16.2 Å². The van der Waals surface area contributed by atoms with Gasteiger partial charge < -0.3 is 30.4 Å². The van der Waals surface area contributed by atoms with Crippen LogP contribution in [0.4, 0.5) is 0 Å². The molecule has 0 radical (unpaired) electrons. The average Bonchev–Trinajstić information content (AvgIpc) is 2.98. The van der Waals surface area contributed by atoms with Crippen LogP contribution in [0.5, 0.6) is 0 Å². The zero-order valence-electron chi connectivity index (χ0n) is 9.78. The predicted molar refractivity (Wildman–Crippen MR) is 61.7 cm³/mol. The first-order chi connectivity index (χ1) is 9.08. The summed E-state index contributed by atoms with van der Waals surface area (Å²) in [6.07, 6.45) is 1.74. The molecule has 8 heteroatoms. The van der Waals surface area contributed by atoms with Gasteiger partial charge in [0.2, 0.25) is 0 Å². The smallest absolute Gasteiger partial charge is 0.274 e. The van der Waals surface area contributed by atoms with Gasteiger partial charge in [0.05, 0.1) is 12.9 Å². The van der Waals surface area contributed by atoms with Crippen LogP contribution >= 0.6 is 0 Å².